The fourth-order valence-electron chi connectivity index (χ4n) is 1.87. The first kappa shape index (κ1) is 12.2. The van der Waals surface area contributed by atoms with E-state index in [-0.39, 0.29) is 0 Å². The normalized spacial score (nSPS) is 19.4. The molecule has 0 spiro atoms. The van der Waals surface area contributed by atoms with E-state index in [0.717, 1.165) is 31.1 Å². The molecule has 4 nitrogen and oxygen atoms in total. The Morgan fingerprint density at radius 1 is 1.35 bits per heavy atom. The molecule has 1 saturated heterocycles. The Balaban J connectivity index is 1.55. The van der Waals surface area contributed by atoms with E-state index in [1.54, 1.807) is 0 Å². The zero-order valence-electron chi connectivity index (χ0n) is 10.0. The summed E-state index contributed by atoms with van der Waals surface area (Å²) in [6, 6.07) is 7.45. The zero-order chi connectivity index (χ0) is 11.9. The maximum Gasteiger partial charge on any atom is 0.119 e. The van der Waals surface area contributed by atoms with Crippen molar-refractivity contribution in [3.63, 3.8) is 0 Å². The molecular formula is C13H20N2O2. The van der Waals surface area contributed by atoms with Crippen molar-refractivity contribution in [3.8, 4) is 5.75 Å². The van der Waals surface area contributed by atoms with Gasteiger partial charge in [-0.2, -0.15) is 0 Å². The lowest BCUT2D eigenvalue weighted by Gasteiger charge is -2.11. The highest BCUT2D eigenvalue weighted by Crippen LogP contribution is 2.13. The third-order valence-electron chi connectivity index (χ3n) is 2.82. The van der Waals surface area contributed by atoms with Crippen molar-refractivity contribution in [2.45, 2.75) is 18.9 Å². The molecule has 17 heavy (non-hydrogen) atoms. The summed E-state index contributed by atoms with van der Waals surface area (Å²) >= 11 is 0. The van der Waals surface area contributed by atoms with Gasteiger partial charge in [0.05, 0.1) is 6.10 Å². The summed E-state index contributed by atoms with van der Waals surface area (Å²) in [5.41, 5.74) is 6.35. The predicted molar refractivity (Wildman–Crippen MR) is 68.2 cm³/mol. The van der Waals surface area contributed by atoms with Gasteiger partial charge in [0, 0.05) is 25.4 Å². The third-order valence-corrected chi connectivity index (χ3v) is 2.82. The van der Waals surface area contributed by atoms with Crippen LogP contribution in [0.3, 0.4) is 0 Å². The molecule has 1 unspecified atom stereocenters. The zero-order valence-corrected chi connectivity index (χ0v) is 10.0. The lowest BCUT2D eigenvalue weighted by molar-refractivity contribution is 0.109. The molecule has 2 rings (SSSR count). The molecule has 3 N–H and O–H groups in total. The number of rotatable bonds is 6. The molecule has 1 heterocycles. The van der Waals surface area contributed by atoms with Crippen LogP contribution in [0.15, 0.2) is 24.3 Å². The Morgan fingerprint density at radius 3 is 2.88 bits per heavy atom. The molecule has 1 aliphatic heterocycles. The molecule has 0 bridgehead atoms. The van der Waals surface area contributed by atoms with Gasteiger partial charge in [-0.05, 0) is 37.1 Å². The van der Waals surface area contributed by atoms with Crippen LogP contribution < -0.4 is 15.8 Å². The molecular weight excluding hydrogens is 216 g/mol. The first-order valence-corrected chi connectivity index (χ1v) is 6.15. The highest BCUT2D eigenvalue weighted by molar-refractivity contribution is 5.41. The predicted octanol–water partition coefficient (Wildman–Crippen LogP) is 1.42. The van der Waals surface area contributed by atoms with Gasteiger partial charge < -0.3 is 20.5 Å². The van der Waals surface area contributed by atoms with Crippen LogP contribution in [0, 0.1) is 0 Å². The first-order valence-electron chi connectivity index (χ1n) is 6.15. The second-order valence-electron chi connectivity index (χ2n) is 4.26. The Kier molecular flexibility index (Phi) is 4.64. The smallest absolute Gasteiger partial charge is 0.119 e. The average Bonchev–Trinajstić information content (AvgIpc) is 2.84. The van der Waals surface area contributed by atoms with Crippen LogP contribution in [-0.2, 0) is 4.74 Å². The molecule has 0 radical (unpaired) electrons. The quantitative estimate of drug-likeness (QED) is 0.579. The van der Waals surface area contributed by atoms with Crippen molar-refractivity contribution in [2.24, 2.45) is 0 Å². The molecule has 4 heteroatoms. The van der Waals surface area contributed by atoms with Gasteiger partial charge in [0.2, 0.25) is 0 Å². The van der Waals surface area contributed by atoms with E-state index in [2.05, 4.69) is 5.32 Å². The van der Waals surface area contributed by atoms with Crippen molar-refractivity contribution in [1.29, 1.82) is 0 Å². The van der Waals surface area contributed by atoms with Crippen molar-refractivity contribution in [3.05, 3.63) is 24.3 Å². The monoisotopic (exact) mass is 236 g/mol. The third kappa shape index (κ3) is 4.24. The van der Waals surface area contributed by atoms with Crippen LogP contribution in [0.1, 0.15) is 12.8 Å². The molecule has 0 aromatic heterocycles. The van der Waals surface area contributed by atoms with E-state index in [1.807, 2.05) is 24.3 Å². The van der Waals surface area contributed by atoms with Crippen LogP contribution >= 0.6 is 0 Å². The lowest BCUT2D eigenvalue weighted by atomic mass is 10.2. The number of benzene rings is 1. The minimum atomic E-state index is 0.395. The van der Waals surface area contributed by atoms with Gasteiger partial charge in [0.1, 0.15) is 12.4 Å². The Hall–Kier alpha value is -1.26. The second kappa shape index (κ2) is 6.47. The van der Waals surface area contributed by atoms with Crippen LogP contribution in [-0.4, -0.2) is 32.4 Å². The summed E-state index contributed by atoms with van der Waals surface area (Å²) in [6.07, 6.45) is 2.76. The topological polar surface area (TPSA) is 56.5 Å². The van der Waals surface area contributed by atoms with E-state index in [4.69, 9.17) is 15.2 Å². The number of hydrogen-bond donors (Lipinski definition) is 2. The van der Waals surface area contributed by atoms with Crippen LogP contribution in [0.2, 0.25) is 0 Å². The van der Waals surface area contributed by atoms with Crippen molar-refractivity contribution >= 4 is 5.69 Å². The summed E-state index contributed by atoms with van der Waals surface area (Å²) in [4.78, 5) is 0. The van der Waals surface area contributed by atoms with Gasteiger partial charge in [0.25, 0.3) is 0 Å². The fourth-order valence-corrected chi connectivity index (χ4v) is 1.87. The number of nitrogen functional groups attached to an aromatic ring is 1. The summed E-state index contributed by atoms with van der Waals surface area (Å²) < 4.78 is 11.1. The summed E-state index contributed by atoms with van der Waals surface area (Å²) in [5, 5.41) is 3.33. The molecule has 0 saturated carbocycles. The van der Waals surface area contributed by atoms with Crippen molar-refractivity contribution < 1.29 is 9.47 Å². The number of ether oxygens (including phenoxy) is 2. The Labute approximate surface area is 102 Å². The van der Waals surface area contributed by atoms with Gasteiger partial charge in [-0.1, -0.05) is 0 Å². The number of anilines is 1. The SMILES string of the molecule is Nc1ccc(OCCNCC2CCCO2)cc1. The van der Waals surface area contributed by atoms with E-state index in [1.165, 1.54) is 12.8 Å². The van der Waals surface area contributed by atoms with E-state index in [0.29, 0.717) is 12.7 Å². The Bertz CT molecular complexity index is 321. The molecule has 1 aliphatic rings. The minimum absolute atomic E-state index is 0.395. The number of hydrogen-bond acceptors (Lipinski definition) is 4. The molecule has 1 aromatic rings. The highest BCUT2D eigenvalue weighted by atomic mass is 16.5. The van der Waals surface area contributed by atoms with Gasteiger partial charge in [-0.25, -0.2) is 0 Å². The maximum atomic E-state index is 5.59. The molecule has 1 fully saturated rings. The van der Waals surface area contributed by atoms with Gasteiger partial charge in [-0.15, -0.1) is 0 Å². The van der Waals surface area contributed by atoms with Gasteiger partial charge in [-0.3, -0.25) is 0 Å². The van der Waals surface area contributed by atoms with E-state index in [9.17, 15) is 0 Å². The summed E-state index contributed by atoms with van der Waals surface area (Å²) in [7, 11) is 0. The lowest BCUT2D eigenvalue weighted by Crippen LogP contribution is -2.29. The van der Waals surface area contributed by atoms with Crippen LogP contribution in [0.25, 0.3) is 0 Å². The van der Waals surface area contributed by atoms with E-state index < -0.39 is 0 Å². The van der Waals surface area contributed by atoms with Crippen LogP contribution in [0.4, 0.5) is 5.69 Å². The van der Waals surface area contributed by atoms with Gasteiger partial charge >= 0.3 is 0 Å². The number of nitrogens with two attached hydrogens (primary N) is 1. The molecule has 94 valence electrons. The number of nitrogens with one attached hydrogen (secondary N) is 1. The summed E-state index contributed by atoms with van der Waals surface area (Å²) in [6.45, 7) is 3.33. The second-order valence-corrected chi connectivity index (χ2v) is 4.26. The molecule has 0 amide bonds. The van der Waals surface area contributed by atoms with Crippen molar-refractivity contribution in [1.82, 2.24) is 5.32 Å². The average molecular weight is 236 g/mol. The van der Waals surface area contributed by atoms with E-state index >= 15 is 0 Å². The minimum Gasteiger partial charge on any atom is -0.492 e. The maximum absolute atomic E-state index is 5.59. The standard InChI is InChI=1S/C13H20N2O2/c14-11-3-5-12(6-4-11)17-9-7-15-10-13-2-1-8-16-13/h3-6,13,15H,1-2,7-10,14H2. The van der Waals surface area contributed by atoms with Crippen molar-refractivity contribution in [2.75, 3.05) is 32.0 Å². The first-order chi connectivity index (χ1) is 8.34. The Morgan fingerprint density at radius 2 is 2.18 bits per heavy atom. The fraction of sp³-hybridized carbons (Fsp3) is 0.538. The molecule has 1 aromatic carbocycles. The van der Waals surface area contributed by atoms with Crippen LogP contribution in [0.5, 0.6) is 5.75 Å². The summed E-state index contributed by atoms with van der Waals surface area (Å²) in [5.74, 6) is 0.859. The van der Waals surface area contributed by atoms with Gasteiger partial charge in [0.15, 0.2) is 0 Å². The largest absolute Gasteiger partial charge is 0.492 e. The highest BCUT2D eigenvalue weighted by Gasteiger charge is 2.14. The molecule has 1 atom stereocenters. The molecule has 0 aliphatic carbocycles.